The first-order valence-corrected chi connectivity index (χ1v) is 8.60. The number of phenolic OH excluding ortho intramolecular Hbond substituents is 1. The fourth-order valence-electron chi connectivity index (χ4n) is 2.79. The third kappa shape index (κ3) is 3.68. The lowest BCUT2D eigenvalue weighted by molar-refractivity contribution is 0.472. The highest BCUT2D eigenvalue weighted by Gasteiger charge is 2.11. The number of hydrogen-bond donors (Lipinski definition) is 2. The minimum atomic E-state index is -0.415. The molecule has 0 amide bonds. The molecule has 0 aliphatic rings. The Morgan fingerprint density at radius 1 is 1.17 bits per heavy atom. The van der Waals surface area contributed by atoms with E-state index in [1.807, 2.05) is 12.1 Å². The molecule has 124 valence electrons. The van der Waals surface area contributed by atoms with Crippen molar-refractivity contribution in [2.45, 2.75) is 25.9 Å². The molecule has 0 bridgehead atoms. The second-order valence-corrected chi connectivity index (χ2v) is 6.58. The van der Waals surface area contributed by atoms with E-state index >= 15 is 0 Å². The number of halogens is 1. The Labute approximate surface area is 148 Å². The third-order valence-electron chi connectivity index (χ3n) is 4.03. The zero-order valence-electron chi connectivity index (χ0n) is 13.3. The molecule has 24 heavy (non-hydrogen) atoms. The molecule has 0 aliphatic carbocycles. The number of rotatable bonds is 5. The first-order chi connectivity index (χ1) is 11.6. The van der Waals surface area contributed by atoms with Crippen LogP contribution in [-0.4, -0.2) is 5.11 Å². The SMILES string of the molecule is CC[C@@H](NCc1cc(=O)oc2cc(O)ccc12)c1ccc(Br)cc1. The van der Waals surface area contributed by atoms with Crippen molar-refractivity contribution >= 4 is 26.9 Å². The zero-order valence-corrected chi connectivity index (χ0v) is 14.8. The molecule has 2 N–H and O–H groups in total. The molecule has 1 aromatic heterocycles. The Morgan fingerprint density at radius 2 is 1.92 bits per heavy atom. The van der Waals surface area contributed by atoms with Crippen LogP contribution in [0.5, 0.6) is 5.75 Å². The van der Waals surface area contributed by atoms with Gasteiger partial charge in [0.1, 0.15) is 11.3 Å². The van der Waals surface area contributed by atoms with Crippen LogP contribution in [0.3, 0.4) is 0 Å². The number of phenols is 1. The summed E-state index contributed by atoms with van der Waals surface area (Å²) < 4.78 is 6.21. The van der Waals surface area contributed by atoms with Crippen molar-refractivity contribution in [1.82, 2.24) is 5.32 Å². The first-order valence-electron chi connectivity index (χ1n) is 7.81. The van der Waals surface area contributed by atoms with Gasteiger partial charge in [-0.2, -0.15) is 0 Å². The lowest BCUT2D eigenvalue weighted by Crippen LogP contribution is -2.21. The molecule has 0 saturated carbocycles. The minimum absolute atomic E-state index is 0.0806. The number of benzene rings is 2. The first kappa shape index (κ1) is 16.7. The molecule has 4 nitrogen and oxygen atoms in total. The maximum absolute atomic E-state index is 11.8. The zero-order chi connectivity index (χ0) is 17.1. The van der Waals surface area contributed by atoms with E-state index < -0.39 is 5.63 Å². The molecule has 0 fully saturated rings. The lowest BCUT2D eigenvalue weighted by Gasteiger charge is -2.18. The standard InChI is InChI=1S/C19H18BrNO3/c1-2-17(12-3-5-14(20)6-4-12)21-11-13-9-19(23)24-18-10-15(22)7-8-16(13)18/h3-10,17,21-22H,2,11H2,1H3/t17-/m1/s1. The van der Waals surface area contributed by atoms with E-state index in [-0.39, 0.29) is 11.8 Å². The van der Waals surface area contributed by atoms with E-state index in [4.69, 9.17) is 4.42 Å². The average Bonchev–Trinajstić information content (AvgIpc) is 2.56. The highest BCUT2D eigenvalue weighted by Crippen LogP contribution is 2.24. The van der Waals surface area contributed by atoms with Gasteiger partial charge in [0.2, 0.25) is 0 Å². The van der Waals surface area contributed by atoms with Gasteiger partial charge < -0.3 is 14.8 Å². The van der Waals surface area contributed by atoms with Crippen LogP contribution in [0.2, 0.25) is 0 Å². The van der Waals surface area contributed by atoms with Crippen molar-refractivity contribution in [3.05, 3.63) is 74.6 Å². The maximum Gasteiger partial charge on any atom is 0.336 e. The second kappa shape index (κ2) is 7.20. The van der Waals surface area contributed by atoms with E-state index in [1.54, 1.807) is 12.1 Å². The molecule has 0 unspecified atom stereocenters. The number of nitrogens with one attached hydrogen (secondary N) is 1. The van der Waals surface area contributed by atoms with E-state index in [9.17, 15) is 9.90 Å². The van der Waals surface area contributed by atoms with Gasteiger partial charge in [-0.25, -0.2) is 4.79 Å². The minimum Gasteiger partial charge on any atom is -0.508 e. The third-order valence-corrected chi connectivity index (χ3v) is 4.56. The Kier molecular flexibility index (Phi) is 5.02. The number of fused-ring (bicyclic) bond motifs is 1. The van der Waals surface area contributed by atoms with Crippen LogP contribution in [0, 0.1) is 0 Å². The summed E-state index contributed by atoms with van der Waals surface area (Å²) in [5.41, 5.74) is 2.04. The van der Waals surface area contributed by atoms with Crippen molar-refractivity contribution in [3.8, 4) is 5.75 Å². The van der Waals surface area contributed by atoms with Gasteiger partial charge >= 0.3 is 5.63 Å². The van der Waals surface area contributed by atoms with Gasteiger partial charge in [-0.15, -0.1) is 0 Å². The average molecular weight is 388 g/mol. The Hall–Kier alpha value is -2.11. The van der Waals surface area contributed by atoms with Gasteiger partial charge in [0.05, 0.1) is 0 Å². The van der Waals surface area contributed by atoms with Crippen molar-refractivity contribution < 1.29 is 9.52 Å². The van der Waals surface area contributed by atoms with E-state index in [0.29, 0.717) is 12.1 Å². The van der Waals surface area contributed by atoms with Crippen LogP contribution in [0.25, 0.3) is 11.0 Å². The fourth-order valence-corrected chi connectivity index (χ4v) is 3.06. The normalized spacial score (nSPS) is 12.4. The second-order valence-electron chi connectivity index (χ2n) is 5.66. The summed E-state index contributed by atoms with van der Waals surface area (Å²) in [6, 6.07) is 14.7. The van der Waals surface area contributed by atoms with Crippen molar-refractivity contribution in [2.24, 2.45) is 0 Å². The fraction of sp³-hybridized carbons (Fsp3) is 0.211. The molecule has 2 aromatic carbocycles. The Morgan fingerprint density at radius 3 is 2.62 bits per heavy atom. The number of hydrogen-bond acceptors (Lipinski definition) is 4. The molecule has 1 atom stereocenters. The van der Waals surface area contributed by atoms with Gasteiger partial charge in [0, 0.05) is 34.6 Å². The molecule has 3 rings (SSSR count). The van der Waals surface area contributed by atoms with Gasteiger partial charge in [0.15, 0.2) is 0 Å². The van der Waals surface area contributed by atoms with Crippen LogP contribution in [0.15, 0.2) is 62.2 Å². The highest BCUT2D eigenvalue weighted by atomic mass is 79.9. The summed E-state index contributed by atoms with van der Waals surface area (Å²) in [6.45, 7) is 2.66. The molecule has 0 radical (unpaired) electrons. The summed E-state index contributed by atoms with van der Waals surface area (Å²) in [5.74, 6) is 0.0806. The summed E-state index contributed by atoms with van der Waals surface area (Å²) in [6.07, 6.45) is 0.932. The molecule has 0 aliphatic heterocycles. The largest absolute Gasteiger partial charge is 0.508 e. The highest BCUT2D eigenvalue weighted by molar-refractivity contribution is 9.10. The smallest absolute Gasteiger partial charge is 0.336 e. The maximum atomic E-state index is 11.8. The Balaban J connectivity index is 1.86. The summed E-state index contributed by atoms with van der Waals surface area (Å²) >= 11 is 3.45. The summed E-state index contributed by atoms with van der Waals surface area (Å²) in [5, 5.41) is 13.9. The van der Waals surface area contributed by atoms with Crippen LogP contribution in [0.4, 0.5) is 0 Å². The summed E-state index contributed by atoms with van der Waals surface area (Å²) in [4.78, 5) is 11.8. The van der Waals surface area contributed by atoms with Crippen molar-refractivity contribution in [1.29, 1.82) is 0 Å². The molecular formula is C19H18BrNO3. The van der Waals surface area contributed by atoms with Crippen molar-refractivity contribution in [3.63, 3.8) is 0 Å². The van der Waals surface area contributed by atoms with E-state index in [1.165, 1.54) is 17.7 Å². The molecular weight excluding hydrogens is 370 g/mol. The molecule has 3 aromatic rings. The van der Waals surface area contributed by atoms with Crippen LogP contribution in [0.1, 0.15) is 30.5 Å². The van der Waals surface area contributed by atoms with Crippen LogP contribution >= 0.6 is 15.9 Å². The predicted octanol–water partition coefficient (Wildman–Crippen LogP) is 4.50. The monoisotopic (exact) mass is 387 g/mol. The van der Waals surface area contributed by atoms with E-state index in [0.717, 1.165) is 21.8 Å². The van der Waals surface area contributed by atoms with Crippen LogP contribution in [-0.2, 0) is 6.54 Å². The molecule has 1 heterocycles. The van der Waals surface area contributed by atoms with Gasteiger partial charge in [-0.05, 0) is 41.8 Å². The van der Waals surface area contributed by atoms with E-state index in [2.05, 4.69) is 40.3 Å². The van der Waals surface area contributed by atoms with Crippen LogP contribution < -0.4 is 10.9 Å². The predicted molar refractivity (Wildman–Crippen MR) is 98.2 cm³/mol. The van der Waals surface area contributed by atoms with Gasteiger partial charge in [0.25, 0.3) is 0 Å². The van der Waals surface area contributed by atoms with Crippen molar-refractivity contribution in [2.75, 3.05) is 0 Å². The number of aromatic hydroxyl groups is 1. The topological polar surface area (TPSA) is 62.5 Å². The summed E-state index contributed by atoms with van der Waals surface area (Å²) in [7, 11) is 0. The van der Waals surface area contributed by atoms with Gasteiger partial charge in [-0.3, -0.25) is 0 Å². The Bertz CT molecular complexity index is 903. The molecule has 5 heteroatoms. The lowest BCUT2D eigenvalue weighted by atomic mass is 10.0. The quantitative estimate of drug-likeness (QED) is 0.632. The molecule has 0 spiro atoms. The molecule has 0 saturated heterocycles. The van der Waals surface area contributed by atoms with Gasteiger partial charge in [-0.1, -0.05) is 35.0 Å².